The van der Waals surface area contributed by atoms with Gasteiger partial charge in [-0.15, -0.1) is 11.3 Å². The van der Waals surface area contributed by atoms with Crippen LogP contribution in [-0.2, 0) is 11.3 Å². The van der Waals surface area contributed by atoms with Crippen molar-refractivity contribution in [3.63, 3.8) is 0 Å². The van der Waals surface area contributed by atoms with Gasteiger partial charge in [0.05, 0.1) is 0 Å². The second-order valence-corrected chi connectivity index (χ2v) is 5.79. The van der Waals surface area contributed by atoms with E-state index in [0.717, 1.165) is 44.7 Å². The zero-order valence-corrected chi connectivity index (χ0v) is 10.6. The molecular weight excluding hydrogens is 218 g/mol. The van der Waals surface area contributed by atoms with E-state index in [4.69, 9.17) is 0 Å². The lowest BCUT2D eigenvalue weighted by molar-refractivity contribution is -0.121. The van der Waals surface area contributed by atoms with Crippen LogP contribution in [0.25, 0.3) is 0 Å². The zero-order valence-electron chi connectivity index (χ0n) is 9.82. The highest BCUT2D eigenvalue weighted by molar-refractivity contribution is 7.09. The number of Topliss-reactive ketones (excluding diaryl/α,β-unsaturated/α-hetero) is 1. The number of nitrogens with zero attached hydrogens (tertiary/aromatic N) is 1. The number of carbonyl (C=O) groups excluding carboxylic acids is 1. The maximum atomic E-state index is 11.1. The minimum absolute atomic E-state index is 0.456. The molecule has 3 heteroatoms. The topological polar surface area (TPSA) is 20.3 Å². The van der Waals surface area contributed by atoms with Crippen molar-refractivity contribution in [2.24, 2.45) is 5.92 Å². The largest absolute Gasteiger partial charge is 0.301 e. The summed E-state index contributed by atoms with van der Waals surface area (Å²) in [6.07, 6.45) is 3.79. The number of hydrogen-bond donors (Lipinski definition) is 0. The van der Waals surface area contributed by atoms with Gasteiger partial charge in [0, 0.05) is 30.8 Å². The molecule has 1 aromatic heterocycles. The van der Waals surface area contributed by atoms with Gasteiger partial charge < -0.3 is 4.90 Å². The van der Waals surface area contributed by atoms with E-state index in [0.29, 0.717) is 5.78 Å². The van der Waals surface area contributed by atoms with E-state index in [2.05, 4.69) is 29.5 Å². The molecule has 2 nitrogen and oxygen atoms in total. The second-order valence-electron chi connectivity index (χ2n) is 4.76. The van der Waals surface area contributed by atoms with E-state index in [-0.39, 0.29) is 0 Å². The van der Waals surface area contributed by atoms with Crippen molar-refractivity contribution in [3.05, 3.63) is 22.4 Å². The first-order valence-corrected chi connectivity index (χ1v) is 6.84. The molecule has 0 unspecified atom stereocenters. The Hall–Kier alpha value is -0.670. The molecule has 0 atom stereocenters. The van der Waals surface area contributed by atoms with Crippen molar-refractivity contribution in [2.75, 3.05) is 13.6 Å². The first-order chi connectivity index (χ1) is 7.74. The predicted octanol–water partition coefficient (Wildman–Crippen LogP) is 2.94. The number of rotatable bonds is 4. The van der Waals surface area contributed by atoms with Crippen molar-refractivity contribution >= 4 is 17.1 Å². The van der Waals surface area contributed by atoms with E-state index in [9.17, 15) is 4.79 Å². The van der Waals surface area contributed by atoms with Crippen molar-refractivity contribution in [2.45, 2.75) is 32.2 Å². The van der Waals surface area contributed by atoms with E-state index < -0.39 is 0 Å². The molecule has 1 fully saturated rings. The van der Waals surface area contributed by atoms with Crippen LogP contribution in [0.4, 0.5) is 0 Å². The van der Waals surface area contributed by atoms with Crippen LogP contribution >= 0.6 is 11.3 Å². The van der Waals surface area contributed by atoms with Gasteiger partial charge >= 0.3 is 0 Å². The summed E-state index contributed by atoms with van der Waals surface area (Å²) in [5, 5.41) is 2.13. The maximum Gasteiger partial charge on any atom is 0.132 e. The molecule has 0 N–H and O–H groups in total. The summed E-state index contributed by atoms with van der Waals surface area (Å²) in [4.78, 5) is 14.9. The van der Waals surface area contributed by atoms with Crippen molar-refractivity contribution in [3.8, 4) is 0 Å². The minimum Gasteiger partial charge on any atom is -0.301 e. The first kappa shape index (κ1) is 11.8. The van der Waals surface area contributed by atoms with Crippen LogP contribution in [0.2, 0.25) is 0 Å². The molecule has 0 amide bonds. The lowest BCUT2D eigenvalue weighted by atomic mass is 9.88. The Morgan fingerprint density at radius 2 is 2.19 bits per heavy atom. The van der Waals surface area contributed by atoms with E-state index >= 15 is 0 Å². The Kier molecular flexibility index (Phi) is 4.13. The molecule has 16 heavy (non-hydrogen) atoms. The fraction of sp³-hybridized carbons (Fsp3) is 0.615. The Balaban J connectivity index is 1.74. The standard InChI is InChI=1S/C13H19NOS/c1-14(10-13-3-2-8-16-13)9-11-4-6-12(15)7-5-11/h2-3,8,11H,4-7,9-10H2,1H3. The van der Waals surface area contributed by atoms with Gasteiger partial charge in [0.2, 0.25) is 0 Å². The summed E-state index contributed by atoms with van der Waals surface area (Å²) >= 11 is 1.82. The lowest BCUT2D eigenvalue weighted by Crippen LogP contribution is -2.28. The van der Waals surface area contributed by atoms with Crippen molar-refractivity contribution < 1.29 is 4.79 Å². The van der Waals surface area contributed by atoms with Crippen LogP contribution < -0.4 is 0 Å². The normalized spacial score (nSPS) is 18.2. The quantitative estimate of drug-likeness (QED) is 0.802. The zero-order chi connectivity index (χ0) is 11.4. The lowest BCUT2D eigenvalue weighted by Gasteiger charge is -2.26. The third-order valence-corrected chi connectivity index (χ3v) is 4.10. The van der Waals surface area contributed by atoms with Gasteiger partial charge in [-0.25, -0.2) is 0 Å². The summed E-state index contributed by atoms with van der Waals surface area (Å²) in [6, 6.07) is 4.29. The van der Waals surface area contributed by atoms with Gasteiger partial charge in [0.1, 0.15) is 5.78 Å². The summed E-state index contributed by atoms with van der Waals surface area (Å²) < 4.78 is 0. The van der Waals surface area contributed by atoms with Crippen LogP contribution in [0.5, 0.6) is 0 Å². The molecule has 2 rings (SSSR count). The van der Waals surface area contributed by atoms with Crippen LogP contribution in [0.15, 0.2) is 17.5 Å². The summed E-state index contributed by atoms with van der Waals surface area (Å²) in [5.74, 6) is 1.18. The highest BCUT2D eigenvalue weighted by Gasteiger charge is 2.19. The second kappa shape index (κ2) is 5.60. The predicted molar refractivity (Wildman–Crippen MR) is 67.6 cm³/mol. The number of carbonyl (C=O) groups is 1. The van der Waals surface area contributed by atoms with Gasteiger partial charge in [0.25, 0.3) is 0 Å². The Morgan fingerprint density at radius 1 is 1.44 bits per heavy atom. The van der Waals surface area contributed by atoms with Crippen LogP contribution in [0.1, 0.15) is 30.6 Å². The first-order valence-electron chi connectivity index (χ1n) is 5.96. The Bertz CT molecular complexity index is 324. The molecule has 1 aliphatic carbocycles. The van der Waals surface area contributed by atoms with Gasteiger partial charge in [-0.2, -0.15) is 0 Å². The highest BCUT2D eigenvalue weighted by atomic mass is 32.1. The van der Waals surface area contributed by atoms with Crippen LogP contribution in [0.3, 0.4) is 0 Å². The van der Waals surface area contributed by atoms with Gasteiger partial charge in [-0.3, -0.25) is 4.79 Å². The fourth-order valence-corrected chi connectivity index (χ4v) is 3.14. The Labute approximate surface area is 101 Å². The molecule has 1 saturated carbocycles. The number of thiophene rings is 1. The van der Waals surface area contributed by atoms with Gasteiger partial charge in [0.15, 0.2) is 0 Å². The van der Waals surface area contributed by atoms with Crippen molar-refractivity contribution in [1.29, 1.82) is 0 Å². The summed E-state index contributed by atoms with van der Waals surface area (Å²) in [7, 11) is 2.18. The van der Waals surface area contributed by atoms with E-state index in [1.807, 2.05) is 11.3 Å². The van der Waals surface area contributed by atoms with Crippen LogP contribution in [-0.4, -0.2) is 24.3 Å². The average molecular weight is 237 g/mol. The van der Waals surface area contributed by atoms with E-state index in [1.54, 1.807) is 0 Å². The molecular formula is C13H19NOS. The third-order valence-electron chi connectivity index (χ3n) is 3.24. The molecule has 0 radical (unpaired) electrons. The third kappa shape index (κ3) is 3.42. The van der Waals surface area contributed by atoms with E-state index in [1.165, 1.54) is 4.88 Å². The molecule has 88 valence electrons. The molecule has 0 saturated heterocycles. The fourth-order valence-electron chi connectivity index (χ4n) is 2.36. The maximum absolute atomic E-state index is 11.1. The SMILES string of the molecule is CN(Cc1cccs1)CC1CCC(=O)CC1. The van der Waals surface area contributed by atoms with Crippen molar-refractivity contribution in [1.82, 2.24) is 4.90 Å². The minimum atomic E-state index is 0.456. The van der Waals surface area contributed by atoms with Gasteiger partial charge in [-0.05, 0) is 37.3 Å². The highest BCUT2D eigenvalue weighted by Crippen LogP contribution is 2.22. The smallest absolute Gasteiger partial charge is 0.132 e. The number of hydrogen-bond acceptors (Lipinski definition) is 3. The molecule has 0 bridgehead atoms. The molecule has 1 aromatic rings. The molecule has 1 aliphatic rings. The monoisotopic (exact) mass is 237 g/mol. The Morgan fingerprint density at radius 3 is 2.81 bits per heavy atom. The van der Waals surface area contributed by atoms with Crippen LogP contribution in [0, 0.1) is 5.92 Å². The molecule has 1 heterocycles. The molecule has 0 spiro atoms. The molecule has 0 aliphatic heterocycles. The summed E-state index contributed by atoms with van der Waals surface area (Å²) in [5.41, 5.74) is 0. The molecule has 0 aromatic carbocycles. The van der Waals surface area contributed by atoms with Gasteiger partial charge in [-0.1, -0.05) is 6.07 Å². The summed E-state index contributed by atoms with van der Waals surface area (Å²) in [6.45, 7) is 2.17. The average Bonchev–Trinajstić information content (AvgIpc) is 2.74. The number of ketones is 1.